The van der Waals surface area contributed by atoms with E-state index in [0.29, 0.717) is 6.04 Å². The standard InChI is InChI=1S/C12H22N2/c13-10-8-11(9-10)14-6-4-12(5-7-14)2-1-3-12/h10-11H,1-9,13H2. The predicted octanol–water partition coefficient (Wildman–Crippen LogP) is 1.74. The van der Waals surface area contributed by atoms with Crippen LogP contribution in [0.1, 0.15) is 44.9 Å². The minimum Gasteiger partial charge on any atom is -0.328 e. The SMILES string of the molecule is NC1CC(N2CCC3(CCC3)CC2)C1. The van der Waals surface area contributed by atoms with Gasteiger partial charge in [-0.05, 0) is 57.0 Å². The zero-order valence-electron chi connectivity index (χ0n) is 9.04. The molecule has 1 saturated heterocycles. The fourth-order valence-corrected chi connectivity index (χ4v) is 3.47. The van der Waals surface area contributed by atoms with Crippen molar-refractivity contribution in [3.63, 3.8) is 0 Å². The lowest BCUT2D eigenvalue weighted by atomic mass is 9.63. The summed E-state index contributed by atoms with van der Waals surface area (Å²) in [5.74, 6) is 0. The molecule has 0 bridgehead atoms. The molecule has 2 N–H and O–H groups in total. The Morgan fingerprint density at radius 3 is 2.07 bits per heavy atom. The van der Waals surface area contributed by atoms with Gasteiger partial charge in [0.2, 0.25) is 0 Å². The number of hydrogen-bond donors (Lipinski definition) is 1. The van der Waals surface area contributed by atoms with Crippen molar-refractivity contribution in [2.24, 2.45) is 11.1 Å². The summed E-state index contributed by atoms with van der Waals surface area (Å²) >= 11 is 0. The van der Waals surface area contributed by atoms with Gasteiger partial charge in [-0.25, -0.2) is 0 Å². The van der Waals surface area contributed by atoms with E-state index in [1.165, 1.54) is 58.0 Å². The first kappa shape index (κ1) is 9.17. The van der Waals surface area contributed by atoms with Crippen molar-refractivity contribution in [1.82, 2.24) is 4.90 Å². The van der Waals surface area contributed by atoms with Crippen molar-refractivity contribution in [1.29, 1.82) is 0 Å². The minimum atomic E-state index is 0.514. The molecule has 0 aromatic rings. The van der Waals surface area contributed by atoms with E-state index >= 15 is 0 Å². The van der Waals surface area contributed by atoms with E-state index in [4.69, 9.17) is 5.73 Å². The van der Waals surface area contributed by atoms with Crippen molar-refractivity contribution in [2.75, 3.05) is 13.1 Å². The molecule has 0 aromatic heterocycles. The molecule has 2 nitrogen and oxygen atoms in total. The van der Waals surface area contributed by atoms with Crippen LogP contribution in [0.3, 0.4) is 0 Å². The first-order valence-corrected chi connectivity index (χ1v) is 6.27. The number of likely N-dealkylation sites (tertiary alicyclic amines) is 1. The Balaban J connectivity index is 1.51. The van der Waals surface area contributed by atoms with E-state index in [1.807, 2.05) is 0 Å². The molecular weight excluding hydrogens is 172 g/mol. The topological polar surface area (TPSA) is 29.3 Å². The van der Waals surface area contributed by atoms with Gasteiger partial charge < -0.3 is 10.6 Å². The smallest absolute Gasteiger partial charge is 0.0125 e. The molecule has 0 aromatic carbocycles. The predicted molar refractivity (Wildman–Crippen MR) is 58.1 cm³/mol. The van der Waals surface area contributed by atoms with E-state index in [-0.39, 0.29) is 0 Å². The Labute approximate surface area is 86.8 Å². The molecule has 0 amide bonds. The highest BCUT2D eigenvalue weighted by Crippen LogP contribution is 2.49. The Bertz CT molecular complexity index is 206. The Morgan fingerprint density at radius 2 is 1.64 bits per heavy atom. The van der Waals surface area contributed by atoms with Gasteiger partial charge in [0.25, 0.3) is 0 Å². The molecule has 14 heavy (non-hydrogen) atoms. The van der Waals surface area contributed by atoms with Gasteiger partial charge >= 0.3 is 0 Å². The summed E-state index contributed by atoms with van der Waals surface area (Å²) in [6, 6.07) is 1.36. The highest BCUT2D eigenvalue weighted by molar-refractivity contribution is 4.96. The maximum atomic E-state index is 5.84. The molecule has 80 valence electrons. The Morgan fingerprint density at radius 1 is 1.00 bits per heavy atom. The summed E-state index contributed by atoms with van der Waals surface area (Å²) in [6.45, 7) is 2.72. The lowest BCUT2D eigenvalue weighted by Gasteiger charge is -2.52. The van der Waals surface area contributed by atoms with Gasteiger partial charge in [-0.3, -0.25) is 0 Å². The van der Waals surface area contributed by atoms with Crippen molar-refractivity contribution >= 4 is 0 Å². The molecular formula is C12H22N2. The molecule has 1 aliphatic heterocycles. The van der Waals surface area contributed by atoms with Crippen LogP contribution in [0.25, 0.3) is 0 Å². The fourth-order valence-electron chi connectivity index (χ4n) is 3.47. The van der Waals surface area contributed by atoms with Crippen LogP contribution in [-0.4, -0.2) is 30.1 Å². The second kappa shape index (κ2) is 3.21. The molecule has 3 fully saturated rings. The minimum absolute atomic E-state index is 0.514. The zero-order valence-corrected chi connectivity index (χ0v) is 9.04. The summed E-state index contributed by atoms with van der Waals surface area (Å²) in [5.41, 5.74) is 6.65. The third kappa shape index (κ3) is 1.40. The molecule has 0 atom stereocenters. The second-order valence-electron chi connectivity index (χ2n) is 5.77. The van der Waals surface area contributed by atoms with Gasteiger partial charge in [0.1, 0.15) is 0 Å². The number of nitrogens with two attached hydrogens (primary N) is 1. The third-order valence-corrected chi connectivity index (χ3v) is 4.94. The Kier molecular flexibility index (Phi) is 2.10. The zero-order chi connectivity index (χ0) is 9.60. The van der Waals surface area contributed by atoms with E-state index in [0.717, 1.165) is 11.5 Å². The van der Waals surface area contributed by atoms with Gasteiger partial charge in [-0.2, -0.15) is 0 Å². The maximum absolute atomic E-state index is 5.84. The molecule has 1 heterocycles. The summed E-state index contributed by atoms with van der Waals surface area (Å²) < 4.78 is 0. The lowest BCUT2D eigenvalue weighted by molar-refractivity contribution is -0.00417. The van der Waals surface area contributed by atoms with Crippen molar-refractivity contribution in [3.05, 3.63) is 0 Å². The van der Waals surface area contributed by atoms with Crippen LogP contribution in [0.4, 0.5) is 0 Å². The monoisotopic (exact) mass is 194 g/mol. The van der Waals surface area contributed by atoms with E-state index in [9.17, 15) is 0 Å². The number of nitrogens with zero attached hydrogens (tertiary/aromatic N) is 1. The van der Waals surface area contributed by atoms with Gasteiger partial charge in [0.15, 0.2) is 0 Å². The van der Waals surface area contributed by atoms with Crippen molar-refractivity contribution < 1.29 is 0 Å². The summed E-state index contributed by atoms with van der Waals surface area (Å²) in [5, 5.41) is 0. The average Bonchev–Trinajstić information content (AvgIpc) is 2.11. The largest absolute Gasteiger partial charge is 0.328 e. The molecule has 0 unspecified atom stereocenters. The maximum Gasteiger partial charge on any atom is 0.0125 e. The molecule has 3 aliphatic rings. The van der Waals surface area contributed by atoms with Gasteiger partial charge in [-0.1, -0.05) is 6.42 Å². The highest BCUT2D eigenvalue weighted by Gasteiger charge is 2.42. The van der Waals surface area contributed by atoms with Crippen LogP contribution in [0.2, 0.25) is 0 Å². The summed E-state index contributed by atoms with van der Waals surface area (Å²) in [7, 11) is 0. The highest BCUT2D eigenvalue weighted by atomic mass is 15.2. The number of piperidine rings is 1. The summed E-state index contributed by atoms with van der Waals surface area (Å²) in [6.07, 6.45) is 9.99. The molecule has 0 radical (unpaired) electrons. The van der Waals surface area contributed by atoms with E-state index < -0.39 is 0 Å². The van der Waals surface area contributed by atoms with E-state index in [1.54, 1.807) is 0 Å². The third-order valence-electron chi connectivity index (χ3n) is 4.94. The van der Waals surface area contributed by atoms with Gasteiger partial charge in [0.05, 0.1) is 0 Å². The van der Waals surface area contributed by atoms with Crippen molar-refractivity contribution in [3.8, 4) is 0 Å². The van der Waals surface area contributed by atoms with Gasteiger partial charge in [-0.15, -0.1) is 0 Å². The average molecular weight is 194 g/mol. The normalized spacial score (nSPS) is 41.8. The lowest BCUT2D eigenvalue weighted by Crippen LogP contribution is -2.54. The first-order chi connectivity index (χ1) is 6.77. The fraction of sp³-hybridized carbons (Fsp3) is 1.00. The second-order valence-corrected chi connectivity index (χ2v) is 5.77. The van der Waals surface area contributed by atoms with Crippen LogP contribution in [0, 0.1) is 5.41 Å². The van der Waals surface area contributed by atoms with Crippen LogP contribution in [-0.2, 0) is 0 Å². The van der Waals surface area contributed by atoms with Crippen molar-refractivity contribution in [2.45, 2.75) is 57.0 Å². The van der Waals surface area contributed by atoms with Crippen LogP contribution >= 0.6 is 0 Å². The van der Waals surface area contributed by atoms with Crippen LogP contribution in [0.15, 0.2) is 0 Å². The van der Waals surface area contributed by atoms with Gasteiger partial charge in [0, 0.05) is 12.1 Å². The first-order valence-electron chi connectivity index (χ1n) is 6.27. The molecule has 2 heteroatoms. The quantitative estimate of drug-likeness (QED) is 0.689. The Hall–Kier alpha value is -0.0800. The molecule has 1 spiro atoms. The molecule has 3 rings (SSSR count). The molecule has 2 aliphatic carbocycles. The van der Waals surface area contributed by atoms with Crippen LogP contribution in [0.5, 0.6) is 0 Å². The summed E-state index contributed by atoms with van der Waals surface area (Å²) in [4.78, 5) is 2.70. The number of hydrogen-bond acceptors (Lipinski definition) is 2. The van der Waals surface area contributed by atoms with E-state index in [2.05, 4.69) is 4.90 Å². The number of rotatable bonds is 1. The van der Waals surface area contributed by atoms with Crippen LogP contribution < -0.4 is 5.73 Å². The molecule has 2 saturated carbocycles.